The first-order valence-electron chi connectivity index (χ1n) is 5.15. The van der Waals surface area contributed by atoms with Gasteiger partial charge < -0.3 is 15.0 Å². The summed E-state index contributed by atoms with van der Waals surface area (Å²) in [5.74, 6) is -0.211. The molecule has 0 radical (unpaired) electrons. The Morgan fingerprint density at radius 2 is 2.41 bits per heavy atom. The predicted octanol–water partition coefficient (Wildman–Crippen LogP) is 0.110. The molecule has 1 aliphatic rings. The molecule has 1 aromatic heterocycles. The Morgan fingerprint density at radius 1 is 1.65 bits per heavy atom. The first-order valence-corrected chi connectivity index (χ1v) is 6.31. The molecule has 17 heavy (non-hydrogen) atoms. The fraction of sp³-hybridized carbons (Fsp3) is 0.500. The van der Waals surface area contributed by atoms with Crippen LogP contribution in [0.4, 0.5) is 0 Å². The van der Waals surface area contributed by atoms with Gasteiger partial charge >= 0.3 is 5.97 Å². The maximum atomic E-state index is 11.9. The highest BCUT2D eigenvalue weighted by molar-refractivity contribution is 7.99. The van der Waals surface area contributed by atoms with Crippen LogP contribution in [0.1, 0.15) is 16.9 Å². The number of carboxylic acids is 1. The number of carbonyl (C=O) groups is 2. The number of carboxylic acid groups (broad SMARTS) is 1. The zero-order valence-corrected chi connectivity index (χ0v) is 10.2. The van der Waals surface area contributed by atoms with Crippen LogP contribution in [0.15, 0.2) is 12.5 Å². The van der Waals surface area contributed by atoms with Gasteiger partial charge in [0.15, 0.2) is 0 Å². The van der Waals surface area contributed by atoms with E-state index in [1.807, 2.05) is 0 Å². The number of thioether (sulfide) groups is 1. The topological polar surface area (TPSA) is 84.2 Å². The maximum absolute atomic E-state index is 11.9. The van der Waals surface area contributed by atoms with Crippen molar-refractivity contribution in [2.45, 2.75) is 12.0 Å². The van der Waals surface area contributed by atoms with Crippen LogP contribution in [0, 0.1) is 0 Å². The quantitative estimate of drug-likeness (QED) is 0.801. The Kier molecular flexibility index (Phi) is 3.10. The van der Waals surface area contributed by atoms with Crippen LogP contribution in [-0.2, 0) is 11.8 Å². The lowest BCUT2D eigenvalue weighted by atomic mass is 9.99. The highest BCUT2D eigenvalue weighted by atomic mass is 32.2. The number of amides is 1. The van der Waals surface area contributed by atoms with Gasteiger partial charge in [0.2, 0.25) is 0 Å². The van der Waals surface area contributed by atoms with Crippen LogP contribution < -0.4 is 5.32 Å². The van der Waals surface area contributed by atoms with Crippen molar-refractivity contribution in [1.29, 1.82) is 0 Å². The van der Waals surface area contributed by atoms with E-state index < -0.39 is 17.4 Å². The minimum atomic E-state index is -1.13. The third-order valence-corrected chi connectivity index (χ3v) is 4.02. The van der Waals surface area contributed by atoms with Crippen LogP contribution in [0.25, 0.3) is 0 Å². The van der Waals surface area contributed by atoms with E-state index in [-0.39, 0.29) is 0 Å². The number of rotatable bonds is 3. The number of aryl methyl sites for hydroxylation is 1. The molecule has 1 unspecified atom stereocenters. The zero-order chi connectivity index (χ0) is 12.5. The summed E-state index contributed by atoms with van der Waals surface area (Å²) in [5, 5.41) is 11.8. The predicted molar refractivity (Wildman–Crippen MR) is 63.0 cm³/mol. The highest BCUT2D eigenvalue weighted by Gasteiger charge is 2.43. The van der Waals surface area contributed by atoms with Crippen molar-refractivity contribution in [3.05, 3.63) is 18.2 Å². The molecule has 0 aromatic carbocycles. The molecule has 2 heterocycles. The molecule has 1 fully saturated rings. The summed E-state index contributed by atoms with van der Waals surface area (Å²) in [5.41, 5.74) is -0.769. The van der Waals surface area contributed by atoms with Gasteiger partial charge in [-0.3, -0.25) is 4.79 Å². The number of nitrogens with one attached hydrogen (secondary N) is 1. The molecule has 1 amide bonds. The van der Waals surface area contributed by atoms with Crippen molar-refractivity contribution >= 4 is 23.6 Å². The van der Waals surface area contributed by atoms with Crippen LogP contribution in [-0.4, -0.2) is 43.6 Å². The summed E-state index contributed by atoms with van der Waals surface area (Å²) >= 11 is 1.53. The Labute approximate surface area is 102 Å². The standard InChI is InChI=1S/C10H13N3O3S/c1-13-6-11-4-7(13)8(14)12-10(9(15)16)2-3-17-5-10/h4,6H,2-3,5H2,1H3,(H,12,14)(H,15,16). The number of aromatic nitrogens is 2. The molecule has 0 aliphatic carbocycles. The first kappa shape index (κ1) is 12.0. The summed E-state index contributed by atoms with van der Waals surface area (Å²) in [6.45, 7) is 0. The highest BCUT2D eigenvalue weighted by Crippen LogP contribution is 2.28. The van der Waals surface area contributed by atoms with Gasteiger partial charge in [0.25, 0.3) is 5.91 Å². The average Bonchev–Trinajstić information content (AvgIpc) is 2.87. The van der Waals surface area contributed by atoms with Gasteiger partial charge in [0.05, 0.1) is 12.5 Å². The van der Waals surface area contributed by atoms with E-state index in [0.29, 0.717) is 17.9 Å². The van der Waals surface area contributed by atoms with E-state index in [1.165, 1.54) is 24.3 Å². The molecule has 1 aromatic rings. The van der Waals surface area contributed by atoms with Crippen molar-refractivity contribution in [2.75, 3.05) is 11.5 Å². The van der Waals surface area contributed by atoms with Gasteiger partial charge in [-0.05, 0) is 12.2 Å². The molecule has 2 rings (SSSR count). The van der Waals surface area contributed by atoms with Crippen LogP contribution in [0.2, 0.25) is 0 Å². The minimum absolute atomic E-state index is 0.363. The van der Waals surface area contributed by atoms with E-state index in [2.05, 4.69) is 10.3 Å². The summed E-state index contributed by atoms with van der Waals surface area (Å²) in [6, 6.07) is 0. The molecule has 6 nitrogen and oxygen atoms in total. The van der Waals surface area contributed by atoms with E-state index in [1.54, 1.807) is 11.6 Å². The molecular weight excluding hydrogens is 242 g/mol. The van der Waals surface area contributed by atoms with Crippen molar-refractivity contribution in [3.8, 4) is 0 Å². The largest absolute Gasteiger partial charge is 0.479 e. The van der Waals surface area contributed by atoms with Crippen LogP contribution in [0.5, 0.6) is 0 Å². The third kappa shape index (κ3) is 2.14. The summed E-state index contributed by atoms with van der Waals surface area (Å²) in [4.78, 5) is 27.0. The lowest BCUT2D eigenvalue weighted by Gasteiger charge is -2.24. The van der Waals surface area contributed by atoms with Gasteiger partial charge in [-0.25, -0.2) is 9.78 Å². The number of aliphatic carboxylic acids is 1. The molecule has 1 saturated heterocycles. The normalized spacial score (nSPS) is 23.6. The van der Waals surface area contributed by atoms with Crippen molar-refractivity contribution in [1.82, 2.24) is 14.9 Å². The number of imidazole rings is 1. The number of nitrogens with zero attached hydrogens (tertiary/aromatic N) is 2. The number of carbonyl (C=O) groups excluding carboxylic acids is 1. The van der Waals surface area contributed by atoms with Gasteiger partial charge in [-0.1, -0.05) is 0 Å². The van der Waals surface area contributed by atoms with E-state index in [9.17, 15) is 14.7 Å². The molecular formula is C10H13N3O3S. The molecule has 7 heteroatoms. The maximum Gasteiger partial charge on any atom is 0.330 e. The number of hydrogen-bond donors (Lipinski definition) is 2. The first-order chi connectivity index (χ1) is 8.05. The summed E-state index contributed by atoms with van der Waals surface area (Å²) < 4.78 is 1.56. The van der Waals surface area contributed by atoms with Gasteiger partial charge in [0, 0.05) is 12.8 Å². The fourth-order valence-corrected chi connectivity index (χ4v) is 3.07. The van der Waals surface area contributed by atoms with Crippen molar-refractivity contribution < 1.29 is 14.7 Å². The average molecular weight is 255 g/mol. The van der Waals surface area contributed by atoms with Gasteiger partial charge in [0.1, 0.15) is 11.2 Å². The van der Waals surface area contributed by atoms with Gasteiger partial charge in [-0.2, -0.15) is 11.8 Å². The molecule has 92 valence electrons. The Bertz CT molecular complexity index is 451. The second-order valence-corrected chi connectivity index (χ2v) is 5.14. The molecule has 2 N–H and O–H groups in total. The summed E-state index contributed by atoms with van der Waals surface area (Å²) in [7, 11) is 1.69. The monoisotopic (exact) mass is 255 g/mol. The summed E-state index contributed by atoms with van der Waals surface area (Å²) in [6.07, 6.45) is 3.38. The molecule has 0 bridgehead atoms. The fourth-order valence-electron chi connectivity index (χ4n) is 1.74. The third-order valence-electron chi connectivity index (χ3n) is 2.83. The second kappa shape index (κ2) is 4.40. The van der Waals surface area contributed by atoms with Crippen LogP contribution in [0.3, 0.4) is 0 Å². The Hall–Kier alpha value is -1.50. The van der Waals surface area contributed by atoms with E-state index in [0.717, 1.165) is 5.75 Å². The smallest absolute Gasteiger partial charge is 0.330 e. The number of hydrogen-bond acceptors (Lipinski definition) is 4. The molecule has 0 saturated carbocycles. The second-order valence-electron chi connectivity index (χ2n) is 4.03. The lowest BCUT2D eigenvalue weighted by molar-refractivity contribution is -0.143. The SMILES string of the molecule is Cn1cncc1C(=O)NC1(C(=O)O)CCSC1. The van der Waals surface area contributed by atoms with Crippen molar-refractivity contribution in [3.63, 3.8) is 0 Å². The van der Waals surface area contributed by atoms with Crippen molar-refractivity contribution in [2.24, 2.45) is 7.05 Å². The zero-order valence-electron chi connectivity index (χ0n) is 9.34. The van der Waals surface area contributed by atoms with Gasteiger partial charge in [-0.15, -0.1) is 0 Å². The molecule has 0 spiro atoms. The Morgan fingerprint density at radius 3 is 2.88 bits per heavy atom. The van der Waals surface area contributed by atoms with Crippen LogP contribution >= 0.6 is 11.8 Å². The molecule has 1 aliphatic heterocycles. The van der Waals surface area contributed by atoms with E-state index >= 15 is 0 Å². The minimum Gasteiger partial charge on any atom is -0.479 e. The van der Waals surface area contributed by atoms with E-state index in [4.69, 9.17) is 0 Å². The Balaban J connectivity index is 2.17. The lowest BCUT2D eigenvalue weighted by Crippen LogP contribution is -2.55. The molecule has 1 atom stereocenters.